The second kappa shape index (κ2) is 2.86. The number of halogens is 1. The fraction of sp³-hybridized carbons (Fsp3) is 0.750. The maximum atomic E-state index is 9.84. The van der Waals surface area contributed by atoms with Gasteiger partial charge in [0.2, 0.25) is 5.91 Å². The smallest absolute Gasteiger partial charge is 0.239 e. The number of hydrogen-bond acceptors (Lipinski definition) is 1. The summed E-state index contributed by atoms with van der Waals surface area (Å²) in [7, 11) is 0. The minimum absolute atomic E-state index is 0.154. The highest BCUT2D eigenvalue weighted by atomic mass is 35.5. The summed E-state index contributed by atoms with van der Waals surface area (Å²) in [5, 5.41) is -0.190. The maximum absolute atomic E-state index is 9.84. The van der Waals surface area contributed by atoms with Crippen LogP contribution in [0, 0.1) is 0 Å². The van der Waals surface area contributed by atoms with E-state index in [9.17, 15) is 4.79 Å². The number of hydrogen-bond donors (Lipinski definition) is 0. The molecule has 0 aliphatic carbocycles. The first-order valence-corrected chi connectivity index (χ1v) is 2.45. The highest BCUT2D eigenvalue weighted by Crippen LogP contribution is 1.97. The van der Waals surface area contributed by atoms with Gasteiger partial charge in [-0.05, 0) is 6.92 Å². The molecule has 0 spiro atoms. The predicted molar refractivity (Wildman–Crippen MR) is 28.0 cm³/mol. The summed E-state index contributed by atoms with van der Waals surface area (Å²) < 4.78 is 0. The third-order valence-corrected chi connectivity index (χ3v) is 0.621. The van der Waals surface area contributed by atoms with Crippen molar-refractivity contribution < 1.29 is 4.79 Å². The number of amides is 1. The lowest BCUT2D eigenvalue weighted by atomic mass is 10.3. The standard InChI is InChI=1S/C4H7ClNO/c1-3(5)2-4(6)7/h3,6H,2H2,1H3. The van der Waals surface area contributed by atoms with Gasteiger partial charge in [-0.25, -0.2) is 0 Å². The normalized spacial score (nSPS) is 13.4. The molecule has 1 radical (unpaired) electrons. The lowest BCUT2D eigenvalue weighted by Gasteiger charge is -1.92. The summed E-state index contributed by atoms with van der Waals surface area (Å²) in [6.45, 7) is 1.69. The SMILES string of the molecule is CC(Cl)CC([NH])=O. The minimum atomic E-state index is -0.595. The number of carbonyl (C=O) groups is 1. The highest BCUT2D eigenvalue weighted by Gasteiger charge is 1.99. The van der Waals surface area contributed by atoms with Crippen LogP contribution in [0.3, 0.4) is 0 Å². The van der Waals surface area contributed by atoms with Crippen LogP contribution in [0.4, 0.5) is 0 Å². The fourth-order valence-electron chi connectivity index (χ4n) is 0.255. The molecule has 1 amide bonds. The Morgan fingerprint density at radius 2 is 2.43 bits per heavy atom. The van der Waals surface area contributed by atoms with E-state index < -0.39 is 5.91 Å². The zero-order valence-electron chi connectivity index (χ0n) is 4.07. The first-order chi connectivity index (χ1) is 3.13. The summed E-state index contributed by atoms with van der Waals surface area (Å²) >= 11 is 5.33. The van der Waals surface area contributed by atoms with Crippen molar-refractivity contribution in [2.45, 2.75) is 18.7 Å². The Bertz CT molecular complexity index is 72.1. The average Bonchev–Trinajstić information content (AvgIpc) is 1.27. The summed E-state index contributed by atoms with van der Waals surface area (Å²) in [5.41, 5.74) is 6.38. The van der Waals surface area contributed by atoms with Crippen molar-refractivity contribution in [2.75, 3.05) is 0 Å². The highest BCUT2D eigenvalue weighted by molar-refractivity contribution is 6.21. The quantitative estimate of drug-likeness (QED) is 0.498. The number of rotatable bonds is 2. The van der Waals surface area contributed by atoms with Gasteiger partial charge >= 0.3 is 0 Å². The van der Waals surface area contributed by atoms with E-state index in [1.807, 2.05) is 0 Å². The van der Waals surface area contributed by atoms with E-state index in [0.29, 0.717) is 0 Å². The Balaban J connectivity index is 3.13. The third kappa shape index (κ3) is 5.76. The minimum Gasteiger partial charge on any atom is -0.273 e. The molecular weight excluding hydrogens is 114 g/mol. The molecule has 0 saturated heterocycles. The van der Waals surface area contributed by atoms with E-state index in [1.165, 1.54) is 0 Å². The van der Waals surface area contributed by atoms with Gasteiger partial charge in [0.25, 0.3) is 0 Å². The Kier molecular flexibility index (Phi) is 2.76. The lowest BCUT2D eigenvalue weighted by molar-refractivity contribution is -0.118. The van der Waals surface area contributed by atoms with Crippen LogP contribution in [0.25, 0.3) is 0 Å². The molecule has 0 aromatic rings. The zero-order chi connectivity index (χ0) is 5.86. The maximum Gasteiger partial charge on any atom is 0.239 e. The van der Waals surface area contributed by atoms with Gasteiger partial charge in [0.05, 0.1) is 0 Å². The molecule has 0 aliphatic heterocycles. The number of carbonyl (C=O) groups excluding carboxylic acids is 1. The Morgan fingerprint density at radius 3 is 2.43 bits per heavy atom. The van der Waals surface area contributed by atoms with Gasteiger partial charge in [-0.15, -0.1) is 11.6 Å². The molecule has 1 unspecified atom stereocenters. The van der Waals surface area contributed by atoms with Crippen LogP contribution in [-0.2, 0) is 4.79 Å². The van der Waals surface area contributed by atoms with Crippen LogP contribution in [-0.4, -0.2) is 11.3 Å². The van der Waals surface area contributed by atoms with Crippen molar-refractivity contribution in [3.8, 4) is 0 Å². The van der Waals surface area contributed by atoms with Crippen molar-refractivity contribution in [3.63, 3.8) is 0 Å². The molecule has 41 valence electrons. The molecule has 0 bridgehead atoms. The molecule has 0 saturated carbocycles. The molecule has 3 heteroatoms. The number of alkyl halides is 1. The van der Waals surface area contributed by atoms with E-state index >= 15 is 0 Å². The van der Waals surface area contributed by atoms with Gasteiger partial charge < -0.3 is 0 Å². The summed E-state index contributed by atoms with van der Waals surface area (Å²) in [6.07, 6.45) is 0.154. The Morgan fingerprint density at radius 1 is 2.00 bits per heavy atom. The third-order valence-electron chi connectivity index (χ3n) is 0.467. The predicted octanol–water partition coefficient (Wildman–Crippen LogP) is 0.813. The summed E-state index contributed by atoms with van der Waals surface area (Å²) in [4.78, 5) is 9.84. The van der Waals surface area contributed by atoms with E-state index in [0.717, 1.165) is 0 Å². The average molecular weight is 121 g/mol. The van der Waals surface area contributed by atoms with Gasteiger partial charge in [0.15, 0.2) is 0 Å². The molecular formula is C4H7ClNO. The topological polar surface area (TPSA) is 40.9 Å². The van der Waals surface area contributed by atoms with Crippen molar-refractivity contribution in [1.82, 2.24) is 5.73 Å². The van der Waals surface area contributed by atoms with Crippen molar-refractivity contribution in [3.05, 3.63) is 0 Å². The van der Waals surface area contributed by atoms with Crippen LogP contribution < -0.4 is 5.73 Å². The molecule has 1 N–H and O–H groups in total. The van der Waals surface area contributed by atoms with Crippen LogP contribution >= 0.6 is 11.6 Å². The molecule has 2 nitrogen and oxygen atoms in total. The first kappa shape index (κ1) is 6.76. The lowest BCUT2D eigenvalue weighted by Crippen LogP contribution is -2.03. The first-order valence-electron chi connectivity index (χ1n) is 2.01. The van der Waals surface area contributed by atoms with Crippen molar-refractivity contribution in [1.29, 1.82) is 0 Å². The Labute approximate surface area is 47.6 Å². The summed E-state index contributed by atoms with van der Waals surface area (Å²) in [6, 6.07) is 0. The molecule has 7 heavy (non-hydrogen) atoms. The van der Waals surface area contributed by atoms with Crippen LogP contribution in [0.5, 0.6) is 0 Å². The largest absolute Gasteiger partial charge is 0.273 e. The summed E-state index contributed by atoms with van der Waals surface area (Å²) in [5.74, 6) is -0.595. The van der Waals surface area contributed by atoms with E-state index in [2.05, 4.69) is 0 Å². The molecule has 0 rings (SSSR count). The van der Waals surface area contributed by atoms with Gasteiger partial charge in [-0.1, -0.05) is 0 Å². The molecule has 0 heterocycles. The molecule has 1 atom stereocenters. The fourth-order valence-corrected chi connectivity index (χ4v) is 0.396. The second-order valence-corrected chi connectivity index (χ2v) is 2.15. The van der Waals surface area contributed by atoms with E-state index in [1.54, 1.807) is 6.92 Å². The van der Waals surface area contributed by atoms with Crippen molar-refractivity contribution >= 4 is 17.5 Å². The van der Waals surface area contributed by atoms with E-state index in [4.69, 9.17) is 17.3 Å². The molecule has 0 aliphatic rings. The van der Waals surface area contributed by atoms with Gasteiger partial charge in [0, 0.05) is 11.8 Å². The van der Waals surface area contributed by atoms with Crippen LogP contribution in [0.1, 0.15) is 13.3 Å². The monoisotopic (exact) mass is 120 g/mol. The zero-order valence-corrected chi connectivity index (χ0v) is 4.83. The van der Waals surface area contributed by atoms with E-state index in [-0.39, 0.29) is 11.8 Å². The molecule has 0 aromatic carbocycles. The van der Waals surface area contributed by atoms with Crippen molar-refractivity contribution in [2.24, 2.45) is 0 Å². The van der Waals surface area contributed by atoms with Crippen LogP contribution in [0.2, 0.25) is 0 Å². The Hall–Kier alpha value is -0.240. The van der Waals surface area contributed by atoms with Gasteiger partial charge in [0.1, 0.15) is 0 Å². The molecule has 0 aromatic heterocycles. The van der Waals surface area contributed by atoms with Crippen LogP contribution in [0.15, 0.2) is 0 Å². The second-order valence-electron chi connectivity index (χ2n) is 1.41. The van der Waals surface area contributed by atoms with Gasteiger partial charge in [-0.2, -0.15) is 0 Å². The molecule has 0 fully saturated rings. The van der Waals surface area contributed by atoms with Gasteiger partial charge in [-0.3, -0.25) is 10.5 Å². The number of nitrogens with one attached hydrogen (secondary N) is 1.